The second-order valence-corrected chi connectivity index (χ2v) is 13.7. The Bertz CT molecular complexity index is 1600. The summed E-state index contributed by atoms with van der Waals surface area (Å²) in [5.41, 5.74) is 1.36. The molecule has 0 fully saturated rings. The number of allylic oxidation sites excluding steroid dienone is 1. The molecule has 0 aliphatic rings. The monoisotopic (exact) mass is 504 g/mol. The van der Waals surface area contributed by atoms with Gasteiger partial charge in [-0.05, 0) is 60.4 Å². The molecule has 0 saturated heterocycles. The molecule has 0 atom stereocenters. The Kier molecular flexibility index (Phi) is 6.77. The van der Waals surface area contributed by atoms with Gasteiger partial charge in [0.2, 0.25) is 0 Å². The van der Waals surface area contributed by atoms with Gasteiger partial charge < -0.3 is 0 Å². The van der Waals surface area contributed by atoms with Crippen molar-refractivity contribution in [3.05, 3.63) is 157 Å². The third-order valence-corrected chi connectivity index (χ3v) is 12.6. The van der Waals surface area contributed by atoms with Crippen LogP contribution in [0.1, 0.15) is 25.3 Å². The highest BCUT2D eigenvalue weighted by Gasteiger charge is 2.43. The van der Waals surface area contributed by atoms with Crippen molar-refractivity contribution in [3.63, 3.8) is 0 Å². The van der Waals surface area contributed by atoms with Crippen LogP contribution in [-0.2, 0) is 0 Å². The minimum Gasteiger partial charge on any atom is -0.0836 e. The van der Waals surface area contributed by atoms with Crippen LogP contribution in [0.5, 0.6) is 0 Å². The first-order valence-electron chi connectivity index (χ1n) is 13.6. The number of fused-ring (bicyclic) bond motifs is 3. The molecule has 0 spiro atoms. The fourth-order valence-electron chi connectivity index (χ4n) is 6.06. The Hall–Kier alpha value is -4.20. The van der Waals surface area contributed by atoms with Crippen molar-refractivity contribution >= 4 is 50.4 Å². The molecule has 6 rings (SSSR count). The van der Waals surface area contributed by atoms with E-state index in [4.69, 9.17) is 0 Å². The zero-order valence-corrected chi connectivity index (χ0v) is 22.8. The van der Waals surface area contributed by atoms with E-state index >= 15 is 0 Å². The molecule has 0 heterocycles. The van der Waals surface area contributed by atoms with Gasteiger partial charge in [-0.15, -0.1) is 0 Å². The summed E-state index contributed by atoms with van der Waals surface area (Å²) >= 11 is 0. The molecule has 0 amide bonds. The van der Waals surface area contributed by atoms with Gasteiger partial charge in [0.05, 0.1) is 0 Å². The van der Waals surface area contributed by atoms with Gasteiger partial charge in [0.1, 0.15) is 0 Å². The Morgan fingerprint density at radius 1 is 0.526 bits per heavy atom. The highest BCUT2D eigenvalue weighted by atomic mass is 28.3. The van der Waals surface area contributed by atoms with Crippen molar-refractivity contribution in [3.8, 4) is 0 Å². The number of hydrogen-bond donors (Lipinski definition) is 0. The summed E-state index contributed by atoms with van der Waals surface area (Å²) in [5, 5.41) is 11.0. The summed E-state index contributed by atoms with van der Waals surface area (Å²) in [5.74, 6) is 0. The van der Waals surface area contributed by atoms with E-state index in [1.54, 1.807) is 0 Å². The molecule has 6 aromatic rings. The molecule has 0 aliphatic carbocycles. The van der Waals surface area contributed by atoms with Crippen molar-refractivity contribution in [2.24, 2.45) is 0 Å². The molecule has 0 unspecified atom stereocenters. The lowest BCUT2D eigenvalue weighted by Gasteiger charge is -2.37. The van der Waals surface area contributed by atoms with E-state index in [9.17, 15) is 0 Å². The van der Waals surface area contributed by atoms with Gasteiger partial charge in [-0.25, -0.2) is 0 Å². The van der Waals surface area contributed by atoms with Crippen molar-refractivity contribution in [1.29, 1.82) is 0 Å². The molecular formula is C37H32Si. The van der Waals surface area contributed by atoms with E-state index in [1.165, 1.54) is 47.9 Å². The fourth-order valence-corrected chi connectivity index (χ4v) is 11.1. The summed E-state index contributed by atoms with van der Waals surface area (Å²) < 4.78 is 0. The van der Waals surface area contributed by atoms with Crippen LogP contribution in [0, 0.1) is 0 Å². The predicted molar refractivity (Wildman–Crippen MR) is 168 cm³/mol. The molecule has 0 radical (unpaired) electrons. The highest BCUT2D eigenvalue weighted by Crippen LogP contribution is 2.36. The van der Waals surface area contributed by atoms with Gasteiger partial charge in [-0.2, -0.15) is 0 Å². The molecule has 0 aliphatic heterocycles. The van der Waals surface area contributed by atoms with Gasteiger partial charge in [0.15, 0.2) is 8.07 Å². The van der Waals surface area contributed by atoms with Crippen LogP contribution in [0.2, 0.25) is 0 Å². The van der Waals surface area contributed by atoms with Gasteiger partial charge in [-0.1, -0.05) is 159 Å². The lowest BCUT2D eigenvalue weighted by molar-refractivity contribution is 0.961. The Morgan fingerprint density at radius 3 is 1.50 bits per heavy atom. The van der Waals surface area contributed by atoms with E-state index in [2.05, 4.69) is 159 Å². The minimum absolute atomic E-state index is 1.04. The first kappa shape index (κ1) is 24.2. The lowest BCUT2D eigenvalue weighted by Crippen LogP contribution is -2.68. The number of unbranched alkanes of at least 4 members (excludes halogenated alkanes) is 1. The van der Waals surface area contributed by atoms with Gasteiger partial charge in [0, 0.05) is 0 Å². The molecule has 0 nitrogen and oxygen atoms in total. The molecule has 6 aromatic carbocycles. The van der Waals surface area contributed by atoms with Crippen LogP contribution in [0.15, 0.2) is 152 Å². The third-order valence-electron chi connectivity index (χ3n) is 7.72. The summed E-state index contributed by atoms with van der Waals surface area (Å²) in [6.07, 6.45) is 4.71. The van der Waals surface area contributed by atoms with Crippen LogP contribution in [0.3, 0.4) is 0 Å². The maximum absolute atomic E-state index is 2.67. The molecule has 38 heavy (non-hydrogen) atoms. The van der Waals surface area contributed by atoms with Crippen LogP contribution in [0.4, 0.5) is 0 Å². The van der Waals surface area contributed by atoms with Crippen molar-refractivity contribution in [2.45, 2.75) is 19.8 Å². The van der Waals surface area contributed by atoms with E-state index < -0.39 is 8.07 Å². The topological polar surface area (TPSA) is 0 Å². The number of rotatable bonds is 7. The maximum atomic E-state index is 2.57. The Labute approximate surface area is 226 Å². The molecule has 1 heteroatoms. The first-order chi connectivity index (χ1) is 18.8. The standard InChI is InChI=1S/C37H32Si/c1-2-3-27-37(36-28-29-17-13-14-24-33(29)34-25-15-16-26-35(34)36)38(30-18-7-4-8-19-30,31-20-9-5-10-21-31)32-22-11-6-12-23-32/h4-28H,2-3H2,1H3/b37-27+. The van der Waals surface area contributed by atoms with E-state index in [0.29, 0.717) is 0 Å². The molecule has 0 N–H and O–H groups in total. The van der Waals surface area contributed by atoms with Crippen molar-refractivity contribution in [2.75, 3.05) is 0 Å². The van der Waals surface area contributed by atoms with Crippen LogP contribution >= 0.6 is 0 Å². The van der Waals surface area contributed by atoms with Crippen LogP contribution in [-0.4, -0.2) is 8.07 Å². The summed E-state index contributed by atoms with van der Waals surface area (Å²) in [6.45, 7) is 2.28. The number of benzene rings is 6. The lowest BCUT2D eigenvalue weighted by atomic mass is 9.96. The van der Waals surface area contributed by atoms with Gasteiger partial charge >= 0.3 is 0 Å². The molecule has 0 bridgehead atoms. The average Bonchev–Trinajstić information content (AvgIpc) is 3.00. The zero-order chi connectivity index (χ0) is 25.8. The second-order valence-electron chi connectivity index (χ2n) is 9.95. The second kappa shape index (κ2) is 10.7. The number of hydrogen-bond acceptors (Lipinski definition) is 0. The quantitative estimate of drug-likeness (QED) is 0.118. The molecule has 0 aromatic heterocycles. The highest BCUT2D eigenvalue weighted by molar-refractivity contribution is 7.23. The van der Waals surface area contributed by atoms with Crippen LogP contribution < -0.4 is 15.6 Å². The van der Waals surface area contributed by atoms with E-state index in [0.717, 1.165) is 12.8 Å². The minimum atomic E-state index is -2.67. The van der Waals surface area contributed by atoms with Crippen molar-refractivity contribution < 1.29 is 0 Å². The van der Waals surface area contributed by atoms with Gasteiger partial charge in [0.25, 0.3) is 0 Å². The maximum Gasteiger partial charge on any atom is 0.179 e. The smallest absolute Gasteiger partial charge is 0.0836 e. The first-order valence-corrected chi connectivity index (χ1v) is 15.6. The summed E-state index contributed by atoms with van der Waals surface area (Å²) in [4.78, 5) is 0. The zero-order valence-electron chi connectivity index (χ0n) is 21.8. The third kappa shape index (κ3) is 4.10. The SMILES string of the molecule is CCC/C=C(\c1cc2ccccc2c2ccccc12)[Si](c1ccccc1)(c1ccccc1)c1ccccc1. The molecular weight excluding hydrogens is 472 g/mol. The normalized spacial score (nSPS) is 12.2. The Balaban J connectivity index is 1.81. The predicted octanol–water partition coefficient (Wildman–Crippen LogP) is 7.89. The fraction of sp³-hybridized carbons (Fsp3) is 0.0811. The average molecular weight is 505 g/mol. The summed E-state index contributed by atoms with van der Waals surface area (Å²) in [7, 11) is -2.67. The van der Waals surface area contributed by atoms with E-state index in [1.807, 2.05) is 0 Å². The molecule has 184 valence electrons. The van der Waals surface area contributed by atoms with Gasteiger partial charge in [-0.3, -0.25) is 0 Å². The summed E-state index contributed by atoms with van der Waals surface area (Å²) in [6, 6.07) is 54.0. The largest absolute Gasteiger partial charge is 0.179 e. The molecule has 0 saturated carbocycles. The van der Waals surface area contributed by atoms with Crippen molar-refractivity contribution in [1.82, 2.24) is 0 Å². The van der Waals surface area contributed by atoms with E-state index in [-0.39, 0.29) is 0 Å². The Morgan fingerprint density at radius 2 is 0.974 bits per heavy atom. The van der Waals surface area contributed by atoms with Crippen LogP contribution in [0.25, 0.3) is 26.7 Å².